The van der Waals surface area contributed by atoms with Crippen molar-refractivity contribution in [3.05, 3.63) is 12.7 Å². The van der Waals surface area contributed by atoms with Crippen LogP contribution in [0.2, 0.25) is 0 Å². The monoisotopic (exact) mass is 144 g/mol. The molecule has 3 heteroatoms. The first-order valence-corrected chi connectivity index (χ1v) is 3.10. The highest BCUT2D eigenvalue weighted by atomic mass is 16.5. The summed E-state index contributed by atoms with van der Waals surface area (Å²) in [6.45, 7) is 5.02. The molecule has 0 saturated heterocycles. The molecule has 0 aromatic heterocycles. The summed E-state index contributed by atoms with van der Waals surface area (Å²) in [6.07, 6.45) is 1.49. The number of carbonyl (C=O) groups is 1. The number of hydrogen-bond acceptors (Lipinski definition) is 3. The highest BCUT2D eigenvalue weighted by molar-refractivity contribution is 5.72. The molecule has 58 valence electrons. The molecule has 0 amide bonds. The Morgan fingerprint density at radius 2 is 2.50 bits per heavy atom. The lowest BCUT2D eigenvalue weighted by Gasteiger charge is -2.05. The van der Waals surface area contributed by atoms with E-state index >= 15 is 0 Å². The van der Waals surface area contributed by atoms with E-state index in [0.29, 0.717) is 0 Å². The van der Waals surface area contributed by atoms with Crippen LogP contribution < -0.4 is 0 Å². The Morgan fingerprint density at radius 1 is 1.90 bits per heavy atom. The summed E-state index contributed by atoms with van der Waals surface area (Å²) in [4.78, 5) is 10.7. The Labute approximate surface area is 60.3 Å². The Morgan fingerprint density at radius 3 is 2.90 bits per heavy atom. The summed E-state index contributed by atoms with van der Waals surface area (Å²) >= 11 is 0. The lowest BCUT2D eigenvalue weighted by atomic mass is 10.2. The van der Waals surface area contributed by atoms with E-state index in [0.717, 1.165) is 0 Å². The Kier molecular flexibility index (Phi) is 4.58. The fraction of sp³-hybridized carbons (Fsp3) is 0.571. The lowest BCUT2D eigenvalue weighted by molar-refractivity contribution is -0.147. The van der Waals surface area contributed by atoms with E-state index < -0.39 is 5.92 Å². The lowest BCUT2D eigenvalue weighted by Crippen LogP contribution is -2.17. The highest BCUT2D eigenvalue weighted by Crippen LogP contribution is 1.95. The van der Waals surface area contributed by atoms with Gasteiger partial charge in [0.15, 0.2) is 0 Å². The van der Waals surface area contributed by atoms with Crippen LogP contribution in [0.25, 0.3) is 0 Å². The molecular weight excluding hydrogens is 132 g/mol. The van der Waals surface area contributed by atoms with E-state index in [-0.39, 0.29) is 19.2 Å². The molecule has 10 heavy (non-hydrogen) atoms. The summed E-state index contributed by atoms with van der Waals surface area (Å²) in [5, 5.41) is 8.48. The minimum Gasteiger partial charge on any atom is -0.461 e. The normalized spacial score (nSPS) is 12.2. The first-order chi connectivity index (χ1) is 4.72. The number of aliphatic hydroxyl groups excluding tert-OH is 1. The van der Waals surface area contributed by atoms with Crippen molar-refractivity contribution in [2.45, 2.75) is 6.92 Å². The molecule has 3 nitrogen and oxygen atoms in total. The van der Waals surface area contributed by atoms with Gasteiger partial charge in [-0.3, -0.25) is 4.79 Å². The molecule has 0 aliphatic carbocycles. The van der Waals surface area contributed by atoms with Crippen LogP contribution in [-0.2, 0) is 9.53 Å². The van der Waals surface area contributed by atoms with Crippen molar-refractivity contribution in [3.8, 4) is 0 Å². The predicted octanol–water partition coefficient (Wildman–Crippen LogP) is 0.344. The summed E-state index contributed by atoms with van der Waals surface area (Å²) < 4.78 is 4.63. The molecule has 0 saturated carbocycles. The average Bonchev–Trinajstić information content (AvgIpc) is 1.98. The fourth-order valence-corrected chi connectivity index (χ4v) is 0.358. The second kappa shape index (κ2) is 4.99. The van der Waals surface area contributed by atoms with Gasteiger partial charge in [-0.05, 0) is 6.92 Å². The number of carbonyl (C=O) groups excluding carboxylic acids is 1. The molecule has 0 fully saturated rings. The summed E-state index contributed by atoms with van der Waals surface area (Å²) in [5.41, 5.74) is 0. The third-order valence-electron chi connectivity index (χ3n) is 1.02. The molecule has 0 bridgehead atoms. The molecular formula is C7H12O3. The average molecular weight is 144 g/mol. The zero-order valence-electron chi connectivity index (χ0n) is 6.04. The maximum absolute atomic E-state index is 10.7. The largest absolute Gasteiger partial charge is 0.461 e. The summed E-state index contributed by atoms with van der Waals surface area (Å²) in [7, 11) is 0. The van der Waals surface area contributed by atoms with Crippen molar-refractivity contribution in [3.63, 3.8) is 0 Å². The molecule has 0 aliphatic heterocycles. The topological polar surface area (TPSA) is 46.5 Å². The second-order valence-electron chi connectivity index (χ2n) is 2.00. The van der Waals surface area contributed by atoms with E-state index in [1.807, 2.05) is 0 Å². The van der Waals surface area contributed by atoms with E-state index in [1.165, 1.54) is 6.08 Å². The highest BCUT2D eigenvalue weighted by Gasteiger charge is 2.11. The third-order valence-corrected chi connectivity index (χ3v) is 1.02. The minimum absolute atomic E-state index is 0.171. The number of aliphatic hydroxyl groups is 1. The minimum atomic E-state index is -0.431. The quantitative estimate of drug-likeness (QED) is 0.457. The van der Waals surface area contributed by atoms with E-state index in [9.17, 15) is 4.79 Å². The van der Waals surface area contributed by atoms with Crippen molar-refractivity contribution in [1.82, 2.24) is 0 Å². The zero-order chi connectivity index (χ0) is 7.98. The maximum Gasteiger partial charge on any atom is 0.311 e. The number of rotatable bonds is 4. The van der Waals surface area contributed by atoms with Gasteiger partial charge < -0.3 is 9.84 Å². The third kappa shape index (κ3) is 3.25. The van der Waals surface area contributed by atoms with Crippen LogP contribution in [0.1, 0.15) is 6.92 Å². The van der Waals surface area contributed by atoms with Crippen LogP contribution in [0, 0.1) is 5.92 Å². The van der Waals surface area contributed by atoms with Gasteiger partial charge >= 0.3 is 5.97 Å². The molecule has 0 spiro atoms. The number of hydrogen-bond donors (Lipinski definition) is 1. The first kappa shape index (κ1) is 9.17. The Balaban J connectivity index is 3.51. The first-order valence-electron chi connectivity index (χ1n) is 3.10. The number of ether oxygens (including phenoxy) is 1. The van der Waals surface area contributed by atoms with Gasteiger partial charge in [0.2, 0.25) is 0 Å². The van der Waals surface area contributed by atoms with Gasteiger partial charge in [-0.25, -0.2) is 0 Å². The van der Waals surface area contributed by atoms with Crippen LogP contribution in [0.5, 0.6) is 0 Å². The van der Waals surface area contributed by atoms with Gasteiger partial charge in [-0.15, -0.1) is 0 Å². The molecule has 0 aromatic rings. The van der Waals surface area contributed by atoms with E-state index in [1.54, 1.807) is 6.92 Å². The summed E-state index contributed by atoms with van der Waals surface area (Å²) in [6, 6.07) is 0. The SMILES string of the molecule is C=CCOC(=O)[C@H](C)CO. The molecule has 1 N–H and O–H groups in total. The van der Waals surface area contributed by atoms with Crippen molar-refractivity contribution in [1.29, 1.82) is 0 Å². The van der Waals surface area contributed by atoms with Crippen LogP contribution in [0.3, 0.4) is 0 Å². The molecule has 0 aromatic carbocycles. The summed E-state index contributed by atoms with van der Waals surface area (Å²) in [5.74, 6) is -0.817. The Hall–Kier alpha value is -0.830. The standard InChI is InChI=1S/C7H12O3/c1-3-4-10-7(9)6(2)5-8/h3,6,8H,1,4-5H2,2H3/t6-/m1/s1. The molecule has 0 heterocycles. The predicted molar refractivity (Wildman–Crippen MR) is 37.4 cm³/mol. The molecule has 0 aliphatic rings. The van der Waals surface area contributed by atoms with Crippen molar-refractivity contribution >= 4 is 5.97 Å². The molecule has 1 atom stereocenters. The smallest absolute Gasteiger partial charge is 0.311 e. The van der Waals surface area contributed by atoms with Gasteiger partial charge in [0.05, 0.1) is 12.5 Å². The van der Waals surface area contributed by atoms with Crippen LogP contribution >= 0.6 is 0 Å². The molecule has 0 radical (unpaired) electrons. The van der Waals surface area contributed by atoms with Gasteiger partial charge in [-0.1, -0.05) is 12.7 Å². The maximum atomic E-state index is 10.7. The zero-order valence-corrected chi connectivity index (χ0v) is 6.04. The molecule has 0 unspecified atom stereocenters. The Bertz CT molecular complexity index is 120. The van der Waals surface area contributed by atoms with E-state index in [2.05, 4.69) is 11.3 Å². The van der Waals surface area contributed by atoms with Gasteiger partial charge in [-0.2, -0.15) is 0 Å². The van der Waals surface area contributed by atoms with Gasteiger partial charge in [0, 0.05) is 0 Å². The van der Waals surface area contributed by atoms with Gasteiger partial charge in [0.25, 0.3) is 0 Å². The van der Waals surface area contributed by atoms with E-state index in [4.69, 9.17) is 5.11 Å². The second-order valence-corrected chi connectivity index (χ2v) is 2.00. The number of esters is 1. The van der Waals surface area contributed by atoms with Crippen LogP contribution in [-0.4, -0.2) is 24.3 Å². The fourth-order valence-electron chi connectivity index (χ4n) is 0.358. The van der Waals surface area contributed by atoms with Crippen molar-refractivity contribution < 1.29 is 14.6 Å². The molecule has 0 rings (SSSR count). The van der Waals surface area contributed by atoms with Crippen LogP contribution in [0.4, 0.5) is 0 Å². The van der Waals surface area contributed by atoms with Crippen LogP contribution in [0.15, 0.2) is 12.7 Å². The van der Waals surface area contributed by atoms with Crippen molar-refractivity contribution in [2.24, 2.45) is 5.92 Å². The van der Waals surface area contributed by atoms with Crippen molar-refractivity contribution in [2.75, 3.05) is 13.2 Å². The van der Waals surface area contributed by atoms with Gasteiger partial charge in [0.1, 0.15) is 6.61 Å².